The van der Waals surface area contributed by atoms with E-state index >= 15 is 0 Å². The van der Waals surface area contributed by atoms with E-state index in [2.05, 4.69) is 4.74 Å². The Labute approximate surface area is 115 Å². The first kappa shape index (κ1) is 16.0. The Hall–Kier alpha value is -2.09. The summed E-state index contributed by atoms with van der Waals surface area (Å²) in [5, 5.41) is 19.0. The molecule has 0 aromatic rings. The molecule has 0 saturated heterocycles. The summed E-state index contributed by atoms with van der Waals surface area (Å²) in [6.45, 7) is 4.03. The summed E-state index contributed by atoms with van der Waals surface area (Å²) in [6, 6.07) is -1.36. The fourth-order valence-electron chi connectivity index (χ4n) is 1.64. The van der Waals surface area contributed by atoms with E-state index in [1.807, 2.05) is 0 Å². The zero-order valence-electron chi connectivity index (χ0n) is 11.7. The van der Waals surface area contributed by atoms with E-state index < -0.39 is 47.6 Å². The summed E-state index contributed by atoms with van der Waals surface area (Å²) in [7, 11) is 1.03. The van der Waals surface area contributed by atoms with Gasteiger partial charge in [-0.1, -0.05) is 0 Å². The molecule has 8 nitrogen and oxygen atoms in total. The fourth-order valence-corrected chi connectivity index (χ4v) is 1.64. The number of aliphatic hydroxyl groups excluding tert-OH is 2. The summed E-state index contributed by atoms with van der Waals surface area (Å²) in [4.78, 5) is 35.9. The summed E-state index contributed by atoms with van der Waals surface area (Å²) in [6.07, 6.45) is -1.06. The first-order valence-electron chi connectivity index (χ1n) is 5.83. The summed E-state index contributed by atoms with van der Waals surface area (Å²) in [5.74, 6) is -2.87. The number of ether oxygens (including phenoxy) is 2. The van der Waals surface area contributed by atoms with Crippen molar-refractivity contribution in [3.8, 4) is 0 Å². The molecular weight excluding hydrogens is 270 g/mol. The normalized spacial score (nSPS) is 19.4. The van der Waals surface area contributed by atoms with E-state index in [1.165, 1.54) is 0 Å². The van der Waals surface area contributed by atoms with Gasteiger partial charge in [0.25, 0.3) is 5.91 Å². The van der Waals surface area contributed by atoms with Gasteiger partial charge in [-0.25, -0.2) is 14.5 Å². The van der Waals surface area contributed by atoms with Crippen LogP contribution in [0.5, 0.6) is 0 Å². The van der Waals surface area contributed by atoms with Gasteiger partial charge in [0.15, 0.2) is 5.57 Å². The van der Waals surface area contributed by atoms with Crippen molar-refractivity contribution in [2.75, 3.05) is 13.7 Å². The minimum atomic E-state index is -1.36. The van der Waals surface area contributed by atoms with Gasteiger partial charge in [0.05, 0.1) is 13.7 Å². The molecule has 1 atom stereocenters. The molecule has 8 heteroatoms. The Balaban J connectivity index is 3.10. The Morgan fingerprint density at radius 1 is 1.35 bits per heavy atom. The van der Waals surface area contributed by atoms with Gasteiger partial charge in [0.2, 0.25) is 0 Å². The highest BCUT2D eigenvalue weighted by molar-refractivity contribution is 6.22. The molecule has 2 N–H and O–H groups in total. The number of rotatable bonds is 2. The summed E-state index contributed by atoms with van der Waals surface area (Å²) in [5.41, 5.74) is -1.56. The molecule has 0 saturated carbocycles. The van der Waals surface area contributed by atoms with Crippen molar-refractivity contribution in [2.45, 2.75) is 32.4 Å². The first-order chi connectivity index (χ1) is 9.14. The highest BCUT2D eigenvalue weighted by Crippen LogP contribution is 2.26. The monoisotopic (exact) mass is 287 g/mol. The lowest BCUT2D eigenvalue weighted by Gasteiger charge is -2.26. The second kappa shape index (κ2) is 5.49. The number of esters is 1. The zero-order chi connectivity index (χ0) is 15.7. The van der Waals surface area contributed by atoms with E-state index in [9.17, 15) is 24.6 Å². The van der Waals surface area contributed by atoms with Gasteiger partial charge >= 0.3 is 12.1 Å². The molecule has 1 aliphatic rings. The van der Waals surface area contributed by atoms with Crippen LogP contribution in [-0.4, -0.2) is 58.4 Å². The molecule has 0 aliphatic carbocycles. The number of hydrogen-bond donors (Lipinski definition) is 2. The fraction of sp³-hybridized carbons (Fsp3) is 0.583. The van der Waals surface area contributed by atoms with Gasteiger partial charge in [-0.2, -0.15) is 0 Å². The van der Waals surface area contributed by atoms with E-state index in [0.29, 0.717) is 4.90 Å². The number of methoxy groups -OCH3 is 1. The molecule has 1 heterocycles. The van der Waals surface area contributed by atoms with Gasteiger partial charge in [-0.3, -0.25) is 4.79 Å². The quantitative estimate of drug-likeness (QED) is 0.547. The van der Waals surface area contributed by atoms with Crippen molar-refractivity contribution >= 4 is 18.0 Å². The van der Waals surface area contributed by atoms with Crippen molar-refractivity contribution in [2.24, 2.45) is 0 Å². The molecule has 2 amide bonds. The molecule has 20 heavy (non-hydrogen) atoms. The van der Waals surface area contributed by atoms with Crippen molar-refractivity contribution < 1.29 is 34.1 Å². The molecule has 1 rings (SSSR count). The number of carbonyl (C=O) groups is 3. The molecule has 0 radical (unpaired) electrons. The Kier molecular flexibility index (Phi) is 4.39. The van der Waals surface area contributed by atoms with Crippen LogP contribution in [0.3, 0.4) is 0 Å². The third kappa shape index (κ3) is 2.90. The first-order valence-corrected chi connectivity index (χ1v) is 5.83. The molecule has 112 valence electrons. The second-order valence-electron chi connectivity index (χ2n) is 5.11. The van der Waals surface area contributed by atoms with Crippen LogP contribution in [0, 0.1) is 0 Å². The van der Waals surface area contributed by atoms with Gasteiger partial charge in [-0.05, 0) is 20.8 Å². The van der Waals surface area contributed by atoms with Gasteiger partial charge in [0, 0.05) is 0 Å². The highest BCUT2D eigenvalue weighted by atomic mass is 16.6. The predicted octanol–water partition coefficient (Wildman–Crippen LogP) is 0.110. The molecule has 0 aromatic heterocycles. The zero-order valence-corrected chi connectivity index (χ0v) is 11.7. The van der Waals surface area contributed by atoms with Crippen LogP contribution in [0.4, 0.5) is 4.79 Å². The van der Waals surface area contributed by atoms with Crippen LogP contribution in [0.1, 0.15) is 20.8 Å². The van der Waals surface area contributed by atoms with Crippen molar-refractivity contribution in [1.82, 2.24) is 4.90 Å². The van der Waals surface area contributed by atoms with E-state index in [1.54, 1.807) is 20.8 Å². The number of aliphatic hydroxyl groups is 2. The largest absolute Gasteiger partial charge is 0.509 e. The summed E-state index contributed by atoms with van der Waals surface area (Å²) >= 11 is 0. The molecule has 0 spiro atoms. The minimum Gasteiger partial charge on any atom is -0.509 e. The van der Waals surface area contributed by atoms with Gasteiger partial charge in [-0.15, -0.1) is 0 Å². The molecular formula is C12H17NO7. The molecule has 0 unspecified atom stereocenters. The molecule has 0 bridgehead atoms. The number of imide groups is 1. The lowest BCUT2D eigenvalue weighted by Crippen LogP contribution is -2.45. The van der Waals surface area contributed by atoms with E-state index in [4.69, 9.17) is 4.74 Å². The Bertz CT molecular complexity index is 475. The topological polar surface area (TPSA) is 113 Å². The van der Waals surface area contributed by atoms with E-state index in [0.717, 1.165) is 7.11 Å². The molecule has 0 fully saturated rings. The third-order valence-electron chi connectivity index (χ3n) is 2.47. The van der Waals surface area contributed by atoms with Crippen LogP contribution in [0.2, 0.25) is 0 Å². The molecule has 1 aliphatic heterocycles. The highest BCUT2D eigenvalue weighted by Gasteiger charge is 2.47. The number of amides is 2. The predicted molar refractivity (Wildman–Crippen MR) is 65.6 cm³/mol. The number of carbonyl (C=O) groups excluding carboxylic acids is 3. The smallest absolute Gasteiger partial charge is 0.418 e. The molecule has 0 aromatic carbocycles. The maximum Gasteiger partial charge on any atom is 0.418 e. The standard InChI is InChI=1S/C12H17NO7/c1-12(2,3)20-11(18)13-6(5-14)8(15)7(9(13)16)10(17)19-4/h6,14-15H,5H2,1-4H3/t6-/m0/s1. The number of nitrogens with zero attached hydrogens (tertiary/aromatic N) is 1. The Morgan fingerprint density at radius 2 is 1.90 bits per heavy atom. The second-order valence-corrected chi connectivity index (χ2v) is 5.11. The van der Waals surface area contributed by atoms with Crippen LogP contribution in [-0.2, 0) is 19.1 Å². The summed E-state index contributed by atoms with van der Waals surface area (Å²) < 4.78 is 9.36. The number of hydrogen-bond acceptors (Lipinski definition) is 7. The van der Waals surface area contributed by atoms with Crippen LogP contribution >= 0.6 is 0 Å². The van der Waals surface area contributed by atoms with Crippen LogP contribution in [0.25, 0.3) is 0 Å². The third-order valence-corrected chi connectivity index (χ3v) is 2.47. The lowest BCUT2D eigenvalue weighted by atomic mass is 10.2. The maximum atomic E-state index is 12.0. The average Bonchev–Trinajstić information content (AvgIpc) is 2.57. The van der Waals surface area contributed by atoms with Crippen LogP contribution < -0.4 is 0 Å². The van der Waals surface area contributed by atoms with Gasteiger partial charge < -0.3 is 19.7 Å². The van der Waals surface area contributed by atoms with E-state index in [-0.39, 0.29) is 0 Å². The lowest BCUT2D eigenvalue weighted by molar-refractivity contribution is -0.139. The van der Waals surface area contributed by atoms with Crippen molar-refractivity contribution in [3.63, 3.8) is 0 Å². The Morgan fingerprint density at radius 3 is 2.30 bits per heavy atom. The van der Waals surface area contributed by atoms with Crippen molar-refractivity contribution in [1.29, 1.82) is 0 Å². The average molecular weight is 287 g/mol. The van der Waals surface area contributed by atoms with Gasteiger partial charge in [0.1, 0.15) is 17.4 Å². The SMILES string of the molecule is COC(=O)C1=C(O)[C@H](CO)N(C(=O)OC(C)(C)C)C1=O. The van der Waals surface area contributed by atoms with Crippen LogP contribution in [0.15, 0.2) is 11.3 Å². The maximum absolute atomic E-state index is 12.0. The minimum absolute atomic E-state index is 0.493. The van der Waals surface area contributed by atoms with Crippen molar-refractivity contribution in [3.05, 3.63) is 11.3 Å².